The lowest BCUT2D eigenvalue weighted by molar-refractivity contribution is 0.466. The normalized spacial score (nSPS) is 9.68. The maximum Gasteiger partial charge on any atom is 0.136 e. The number of aromatic nitrogens is 2. The van der Waals surface area contributed by atoms with Crippen LogP contribution in [0.3, 0.4) is 0 Å². The minimum Gasteiger partial charge on any atom is -0.506 e. The maximum atomic E-state index is 9.08. The molecule has 0 aliphatic rings. The van der Waals surface area contributed by atoms with E-state index in [0.717, 1.165) is 17.8 Å². The van der Waals surface area contributed by atoms with E-state index in [9.17, 15) is 0 Å². The number of nitrogens with zero attached hydrogens (tertiary/aromatic N) is 2. The van der Waals surface area contributed by atoms with Crippen molar-refractivity contribution in [3.63, 3.8) is 0 Å². The van der Waals surface area contributed by atoms with Gasteiger partial charge in [-0.1, -0.05) is 6.92 Å². The summed E-state index contributed by atoms with van der Waals surface area (Å²) >= 11 is 0. The highest BCUT2D eigenvalue weighted by Crippen LogP contribution is 2.13. The molecule has 0 radical (unpaired) electrons. The van der Waals surface area contributed by atoms with Crippen molar-refractivity contribution in [1.29, 1.82) is 0 Å². The Labute approximate surface area is 113 Å². The highest BCUT2D eigenvalue weighted by atomic mass is 16.3. The Kier molecular flexibility index (Phi) is 5.30. The second-order valence-electron chi connectivity index (χ2n) is 4.32. The van der Waals surface area contributed by atoms with Gasteiger partial charge >= 0.3 is 0 Å². The van der Waals surface area contributed by atoms with Gasteiger partial charge in [0.1, 0.15) is 11.5 Å². The Bertz CT molecular complexity index is 554. The molecule has 0 aliphatic carbocycles. The molecule has 0 saturated carbocycles. The molecule has 0 bridgehead atoms. The molecule has 0 atom stereocenters. The molecule has 0 unspecified atom stereocenters. The van der Waals surface area contributed by atoms with Gasteiger partial charge in [-0.3, -0.25) is 9.97 Å². The van der Waals surface area contributed by atoms with E-state index in [-0.39, 0.29) is 11.5 Å². The molecule has 0 fully saturated rings. The van der Waals surface area contributed by atoms with Crippen LogP contribution in [-0.4, -0.2) is 20.2 Å². The first kappa shape index (κ1) is 15.0. The predicted octanol–water partition coefficient (Wildman–Crippen LogP) is 3.06. The third kappa shape index (κ3) is 4.58. The first-order chi connectivity index (χ1) is 8.93. The second kappa shape index (κ2) is 6.73. The molecule has 0 aromatic carbocycles. The van der Waals surface area contributed by atoms with Crippen LogP contribution in [0.5, 0.6) is 11.5 Å². The maximum absolute atomic E-state index is 9.08. The lowest BCUT2D eigenvalue weighted by Crippen LogP contribution is -1.88. The lowest BCUT2D eigenvalue weighted by Gasteiger charge is -1.98. The molecule has 2 heterocycles. The lowest BCUT2D eigenvalue weighted by atomic mass is 10.2. The monoisotopic (exact) mass is 260 g/mol. The number of pyridine rings is 2. The third-order valence-corrected chi connectivity index (χ3v) is 2.67. The van der Waals surface area contributed by atoms with E-state index in [1.54, 1.807) is 32.0 Å². The number of hydrogen-bond donors (Lipinski definition) is 2. The smallest absolute Gasteiger partial charge is 0.136 e. The molecule has 2 aromatic heterocycles. The summed E-state index contributed by atoms with van der Waals surface area (Å²) in [5.41, 5.74) is 3.36. The van der Waals surface area contributed by atoms with Gasteiger partial charge in [0.05, 0.1) is 11.4 Å². The molecule has 2 aromatic rings. The van der Waals surface area contributed by atoms with E-state index < -0.39 is 0 Å². The van der Waals surface area contributed by atoms with Crippen LogP contribution >= 0.6 is 0 Å². The number of aryl methyl sites for hydroxylation is 4. The van der Waals surface area contributed by atoms with Crippen LogP contribution in [0, 0.1) is 20.8 Å². The number of rotatable bonds is 1. The van der Waals surface area contributed by atoms with Crippen molar-refractivity contribution >= 4 is 0 Å². The SMILES string of the molecule is CCc1ccc(O)c(C)n1.Cc1ccc(O)c(C)n1. The fourth-order valence-corrected chi connectivity index (χ4v) is 1.48. The average molecular weight is 260 g/mol. The summed E-state index contributed by atoms with van der Waals surface area (Å²) in [5.74, 6) is 0.540. The van der Waals surface area contributed by atoms with Crippen molar-refractivity contribution in [3.8, 4) is 11.5 Å². The Morgan fingerprint density at radius 1 is 0.842 bits per heavy atom. The van der Waals surface area contributed by atoms with Crippen LogP contribution < -0.4 is 0 Å². The zero-order valence-electron chi connectivity index (χ0n) is 11.8. The largest absolute Gasteiger partial charge is 0.506 e. The van der Waals surface area contributed by atoms with E-state index in [2.05, 4.69) is 9.97 Å². The van der Waals surface area contributed by atoms with Gasteiger partial charge in [0, 0.05) is 11.4 Å². The first-order valence-corrected chi connectivity index (χ1v) is 6.22. The predicted molar refractivity (Wildman–Crippen MR) is 75.4 cm³/mol. The molecule has 2 N–H and O–H groups in total. The van der Waals surface area contributed by atoms with Crippen LogP contribution in [0.2, 0.25) is 0 Å². The van der Waals surface area contributed by atoms with E-state index in [1.165, 1.54) is 0 Å². The number of aromatic hydroxyl groups is 2. The van der Waals surface area contributed by atoms with Gasteiger partial charge in [0.25, 0.3) is 0 Å². The van der Waals surface area contributed by atoms with Crippen LogP contribution in [0.1, 0.15) is 29.7 Å². The van der Waals surface area contributed by atoms with E-state index in [4.69, 9.17) is 10.2 Å². The zero-order valence-corrected chi connectivity index (χ0v) is 11.8. The van der Waals surface area contributed by atoms with Crippen LogP contribution in [0.25, 0.3) is 0 Å². The summed E-state index contributed by atoms with van der Waals surface area (Å²) in [6, 6.07) is 6.95. The van der Waals surface area contributed by atoms with Gasteiger partial charge in [0.15, 0.2) is 0 Å². The Balaban J connectivity index is 0.000000191. The molecule has 4 nitrogen and oxygen atoms in total. The molecule has 0 spiro atoms. The van der Waals surface area contributed by atoms with Crippen molar-refractivity contribution in [1.82, 2.24) is 9.97 Å². The topological polar surface area (TPSA) is 66.2 Å². The van der Waals surface area contributed by atoms with E-state index in [1.807, 2.05) is 19.9 Å². The average Bonchev–Trinajstić information content (AvgIpc) is 2.38. The highest BCUT2D eigenvalue weighted by molar-refractivity contribution is 5.26. The van der Waals surface area contributed by atoms with Crippen LogP contribution in [-0.2, 0) is 6.42 Å². The van der Waals surface area contributed by atoms with Crippen molar-refractivity contribution in [2.75, 3.05) is 0 Å². The van der Waals surface area contributed by atoms with Gasteiger partial charge in [-0.2, -0.15) is 0 Å². The highest BCUT2D eigenvalue weighted by Gasteiger charge is 1.96. The van der Waals surface area contributed by atoms with E-state index in [0.29, 0.717) is 11.4 Å². The molecule has 102 valence electrons. The summed E-state index contributed by atoms with van der Waals surface area (Å²) in [7, 11) is 0. The molecule has 4 heteroatoms. The number of hydrogen-bond acceptors (Lipinski definition) is 4. The summed E-state index contributed by atoms with van der Waals surface area (Å²) in [5, 5.41) is 18.1. The standard InChI is InChI=1S/C8H11NO.C7H9NO/c1-3-7-4-5-8(10)6(2)9-7;1-5-3-4-7(9)6(2)8-5/h4-5,10H,3H2,1-2H3;3-4,9H,1-2H3. The van der Waals surface area contributed by atoms with Gasteiger partial charge in [-0.05, 0) is 51.5 Å². The summed E-state index contributed by atoms with van der Waals surface area (Å²) in [6.07, 6.45) is 0.918. The molecule has 2 rings (SSSR count). The van der Waals surface area contributed by atoms with Gasteiger partial charge in [0.2, 0.25) is 0 Å². The van der Waals surface area contributed by atoms with Crippen molar-refractivity contribution < 1.29 is 10.2 Å². The minimum atomic E-state index is 0.264. The summed E-state index contributed by atoms with van der Waals surface area (Å²) in [6.45, 7) is 7.52. The van der Waals surface area contributed by atoms with Crippen LogP contribution in [0.15, 0.2) is 24.3 Å². The second-order valence-corrected chi connectivity index (χ2v) is 4.32. The quantitative estimate of drug-likeness (QED) is 0.827. The molecular weight excluding hydrogens is 240 g/mol. The molecule has 0 amide bonds. The summed E-state index contributed by atoms with van der Waals surface area (Å²) in [4.78, 5) is 8.16. The van der Waals surface area contributed by atoms with E-state index >= 15 is 0 Å². The Hall–Kier alpha value is -2.10. The first-order valence-electron chi connectivity index (χ1n) is 6.22. The molecular formula is C15H20N2O2. The molecule has 0 saturated heterocycles. The van der Waals surface area contributed by atoms with Crippen molar-refractivity contribution in [2.45, 2.75) is 34.1 Å². The van der Waals surface area contributed by atoms with Crippen LogP contribution in [0.4, 0.5) is 0 Å². The summed E-state index contributed by atoms with van der Waals surface area (Å²) < 4.78 is 0. The fourth-order valence-electron chi connectivity index (χ4n) is 1.48. The third-order valence-electron chi connectivity index (χ3n) is 2.67. The fraction of sp³-hybridized carbons (Fsp3) is 0.333. The Morgan fingerprint density at radius 2 is 1.37 bits per heavy atom. The van der Waals surface area contributed by atoms with Gasteiger partial charge in [-0.15, -0.1) is 0 Å². The molecule has 19 heavy (non-hydrogen) atoms. The molecule has 0 aliphatic heterocycles. The van der Waals surface area contributed by atoms with Gasteiger partial charge in [-0.25, -0.2) is 0 Å². The van der Waals surface area contributed by atoms with Gasteiger partial charge < -0.3 is 10.2 Å². The van der Waals surface area contributed by atoms with Crippen molar-refractivity contribution in [3.05, 3.63) is 47.0 Å². The Morgan fingerprint density at radius 3 is 1.79 bits per heavy atom. The zero-order chi connectivity index (χ0) is 14.4. The van der Waals surface area contributed by atoms with Crippen molar-refractivity contribution in [2.24, 2.45) is 0 Å². The minimum absolute atomic E-state index is 0.264.